The summed E-state index contributed by atoms with van der Waals surface area (Å²) in [6.07, 6.45) is -1.28. The first-order valence-electron chi connectivity index (χ1n) is 5.41. The Kier molecular flexibility index (Phi) is 6.05. The van der Waals surface area contributed by atoms with E-state index in [0.29, 0.717) is 17.8 Å². The third-order valence-electron chi connectivity index (χ3n) is 2.10. The molecule has 0 amide bonds. The van der Waals surface area contributed by atoms with E-state index in [1.807, 2.05) is 0 Å². The maximum Gasteiger partial charge on any atom is 0.261 e. The lowest BCUT2D eigenvalue weighted by atomic mass is 10.2. The molecule has 0 spiro atoms. The number of aliphatic imine (C=N–C) groups is 1. The van der Waals surface area contributed by atoms with Gasteiger partial charge in [-0.3, -0.25) is 4.99 Å². The average molecular weight is 252 g/mol. The Morgan fingerprint density at radius 3 is 2.94 bits per heavy atom. The van der Waals surface area contributed by atoms with Gasteiger partial charge >= 0.3 is 0 Å². The summed E-state index contributed by atoms with van der Waals surface area (Å²) in [5.74, 6) is 0. The maximum absolute atomic E-state index is 11.7. The Morgan fingerprint density at radius 1 is 1.56 bits per heavy atom. The molecule has 2 unspecified atom stereocenters. The Balaban J connectivity index is 2.18. The minimum absolute atomic E-state index is 0.249. The van der Waals surface area contributed by atoms with Crippen LogP contribution in [0.3, 0.4) is 0 Å². The van der Waals surface area contributed by atoms with Crippen molar-refractivity contribution < 1.29 is 13.5 Å². The van der Waals surface area contributed by atoms with Gasteiger partial charge in [0.1, 0.15) is 6.61 Å². The molecule has 1 rings (SSSR count). The van der Waals surface area contributed by atoms with Crippen LogP contribution in [0.15, 0.2) is 4.99 Å². The molecule has 3 nitrogen and oxygen atoms in total. The van der Waals surface area contributed by atoms with Crippen molar-refractivity contribution >= 4 is 16.9 Å². The van der Waals surface area contributed by atoms with Gasteiger partial charge in [-0.1, -0.05) is 18.7 Å². The highest BCUT2D eigenvalue weighted by Gasteiger charge is 2.19. The van der Waals surface area contributed by atoms with Crippen LogP contribution >= 0.6 is 11.8 Å². The maximum atomic E-state index is 11.7. The number of nitrogens with one attached hydrogen (secondary N) is 1. The van der Waals surface area contributed by atoms with Crippen LogP contribution in [0.1, 0.15) is 20.3 Å². The number of rotatable bonds is 5. The highest BCUT2D eigenvalue weighted by atomic mass is 32.2. The summed E-state index contributed by atoms with van der Waals surface area (Å²) in [7, 11) is 0. The van der Waals surface area contributed by atoms with E-state index in [1.165, 1.54) is 0 Å². The van der Waals surface area contributed by atoms with Crippen molar-refractivity contribution in [3.05, 3.63) is 0 Å². The number of amidine groups is 1. The van der Waals surface area contributed by atoms with E-state index in [2.05, 4.69) is 24.2 Å². The Labute approximate surface area is 99.0 Å². The summed E-state index contributed by atoms with van der Waals surface area (Å²) in [6.45, 7) is 4.45. The molecule has 1 saturated heterocycles. The fraction of sp³-hybridized carbons (Fsp3) is 0.900. The molecule has 94 valence electrons. The number of hydrogen-bond donors (Lipinski definition) is 1. The van der Waals surface area contributed by atoms with E-state index in [4.69, 9.17) is 4.74 Å². The normalized spacial score (nSPS) is 28.4. The van der Waals surface area contributed by atoms with Gasteiger partial charge in [0.2, 0.25) is 0 Å². The molecule has 16 heavy (non-hydrogen) atoms. The van der Waals surface area contributed by atoms with Gasteiger partial charge in [0.25, 0.3) is 6.43 Å². The molecular weight excluding hydrogens is 234 g/mol. The molecule has 2 atom stereocenters. The van der Waals surface area contributed by atoms with Gasteiger partial charge in [-0.05, 0) is 13.3 Å². The molecular formula is C10H18F2N2OS. The van der Waals surface area contributed by atoms with Crippen LogP contribution in [-0.4, -0.2) is 42.6 Å². The summed E-state index contributed by atoms with van der Waals surface area (Å²) < 4.78 is 28.2. The van der Waals surface area contributed by atoms with E-state index < -0.39 is 13.0 Å². The minimum atomic E-state index is -2.39. The van der Waals surface area contributed by atoms with Crippen molar-refractivity contribution in [2.24, 2.45) is 4.99 Å². The van der Waals surface area contributed by atoms with Crippen molar-refractivity contribution in [3.63, 3.8) is 0 Å². The molecule has 1 fully saturated rings. The molecule has 1 heterocycles. The van der Waals surface area contributed by atoms with Crippen LogP contribution in [0, 0.1) is 0 Å². The van der Waals surface area contributed by atoms with E-state index in [-0.39, 0.29) is 6.61 Å². The van der Waals surface area contributed by atoms with Crippen LogP contribution in [0.2, 0.25) is 0 Å². The second-order valence-corrected chi connectivity index (χ2v) is 5.29. The molecule has 1 N–H and O–H groups in total. The summed E-state index contributed by atoms with van der Waals surface area (Å²) in [5.41, 5.74) is 0. The lowest BCUT2D eigenvalue weighted by molar-refractivity contribution is 0.0207. The third kappa shape index (κ3) is 5.65. The number of hydrogen-bond acceptors (Lipinski definition) is 3. The number of alkyl halides is 2. The van der Waals surface area contributed by atoms with Gasteiger partial charge in [0, 0.05) is 11.3 Å². The fourth-order valence-electron chi connectivity index (χ4n) is 1.51. The zero-order chi connectivity index (χ0) is 12.0. The lowest BCUT2D eigenvalue weighted by Crippen LogP contribution is -2.38. The topological polar surface area (TPSA) is 33.6 Å². The van der Waals surface area contributed by atoms with Crippen LogP contribution in [0.5, 0.6) is 0 Å². The molecule has 0 saturated carbocycles. The smallest absolute Gasteiger partial charge is 0.261 e. The summed E-state index contributed by atoms with van der Waals surface area (Å²) in [5, 5.41) is 4.70. The SMILES string of the molecule is CC1CC(C)SC(=NCCOCC(F)F)N1. The van der Waals surface area contributed by atoms with Crippen LogP contribution in [0.25, 0.3) is 0 Å². The largest absolute Gasteiger partial charge is 0.374 e. The van der Waals surface area contributed by atoms with E-state index in [1.54, 1.807) is 11.8 Å². The summed E-state index contributed by atoms with van der Waals surface area (Å²) in [4.78, 5) is 4.28. The Morgan fingerprint density at radius 2 is 2.31 bits per heavy atom. The van der Waals surface area contributed by atoms with Gasteiger partial charge < -0.3 is 10.1 Å². The van der Waals surface area contributed by atoms with Crippen molar-refractivity contribution in [1.82, 2.24) is 5.32 Å². The van der Waals surface area contributed by atoms with E-state index in [0.717, 1.165) is 11.6 Å². The monoisotopic (exact) mass is 252 g/mol. The molecule has 0 aromatic rings. The fourth-order valence-corrected chi connectivity index (χ4v) is 2.71. The second-order valence-electron chi connectivity index (χ2n) is 3.86. The average Bonchev–Trinajstić information content (AvgIpc) is 2.15. The molecule has 1 aliphatic heterocycles. The number of halogens is 2. The van der Waals surface area contributed by atoms with Gasteiger partial charge in [0.15, 0.2) is 5.17 Å². The lowest BCUT2D eigenvalue weighted by Gasteiger charge is -2.26. The second kappa shape index (κ2) is 7.06. The van der Waals surface area contributed by atoms with Crippen molar-refractivity contribution in [2.75, 3.05) is 19.8 Å². The van der Waals surface area contributed by atoms with Crippen molar-refractivity contribution in [2.45, 2.75) is 38.0 Å². The molecule has 0 radical (unpaired) electrons. The van der Waals surface area contributed by atoms with Gasteiger partial charge in [-0.15, -0.1) is 0 Å². The van der Waals surface area contributed by atoms with Crippen LogP contribution in [-0.2, 0) is 4.74 Å². The highest BCUT2D eigenvalue weighted by molar-refractivity contribution is 8.14. The summed E-state index contributed by atoms with van der Waals surface area (Å²) in [6, 6.07) is 0.428. The molecule has 1 aliphatic rings. The first-order chi connectivity index (χ1) is 7.58. The van der Waals surface area contributed by atoms with Gasteiger partial charge in [0.05, 0.1) is 13.2 Å². The molecule has 0 aromatic heterocycles. The summed E-state index contributed by atoms with van der Waals surface area (Å²) >= 11 is 1.69. The van der Waals surface area contributed by atoms with E-state index in [9.17, 15) is 8.78 Å². The molecule has 0 aliphatic carbocycles. The van der Waals surface area contributed by atoms with E-state index >= 15 is 0 Å². The Hall–Kier alpha value is -0.360. The van der Waals surface area contributed by atoms with Crippen LogP contribution < -0.4 is 5.32 Å². The quantitative estimate of drug-likeness (QED) is 0.761. The number of ether oxygens (including phenoxy) is 1. The molecule has 6 heteroatoms. The zero-order valence-electron chi connectivity index (χ0n) is 9.58. The number of nitrogens with zero attached hydrogens (tertiary/aromatic N) is 1. The first kappa shape index (κ1) is 13.7. The van der Waals surface area contributed by atoms with Crippen molar-refractivity contribution in [1.29, 1.82) is 0 Å². The first-order valence-corrected chi connectivity index (χ1v) is 6.29. The highest BCUT2D eigenvalue weighted by Crippen LogP contribution is 2.21. The minimum Gasteiger partial charge on any atom is -0.374 e. The zero-order valence-corrected chi connectivity index (χ0v) is 10.4. The standard InChI is InChI=1S/C10H18F2N2OS/c1-7-5-8(2)16-10(14-7)13-3-4-15-6-9(11)12/h7-9H,3-6H2,1-2H3,(H,13,14). The predicted molar refractivity (Wildman–Crippen MR) is 63.4 cm³/mol. The Bertz CT molecular complexity index is 227. The van der Waals surface area contributed by atoms with Gasteiger partial charge in [-0.2, -0.15) is 0 Å². The molecule has 0 bridgehead atoms. The van der Waals surface area contributed by atoms with Crippen LogP contribution in [0.4, 0.5) is 8.78 Å². The molecule has 0 aromatic carbocycles. The predicted octanol–water partition coefficient (Wildman–Crippen LogP) is 2.13. The van der Waals surface area contributed by atoms with Crippen molar-refractivity contribution in [3.8, 4) is 0 Å². The van der Waals surface area contributed by atoms with Gasteiger partial charge in [-0.25, -0.2) is 8.78 Å². The number of thioether (sulfide) groups is 1. The third-order valence-corrected chi connectivity index (χ3v) is 3.17.